The van der Waals surface area contributed by atoms with Gasteiger partial charge in [-0.25, -0.2) is 0 Å². The van der Waals surface area contributed by atoms with Crippen molar-refractivity contribution in [2.24, 2.45) is 5.73 Å². The first-order valence-electron chi connectivity index (χ1n) is 7.29. The van der Waals surface area contributed by atoms with E-state index >= 15 is 0 Å². The molecule has 3 heteroatoms. The van der Waals surface area contributed by atoms with Crippen molar-refractivity contribution >= 4 is 0 Å². The van der Waals surface area contributed by atoms with Crippen molar-refractivity contribution < 1.29 is 4.74 Å². The lowest BCUT2D eigenvalue weighted by molar-refractivity contribution is 0.0571. The summed E-state index contributed by atoms with van der Waals surface area (Å²) in [6.07, 6.45) is 0.973. The standard InChI is InChI=1S/C16H26N2O/c1-5-18(6-2)16(11-17)9-10-19-15-13(4)12(3)7-8-14(15)16/h7-8H,5-6,9-11,17H2,1-4H3. The molecule has 0 saturated carbocycles. The molecule has 0 bridgehead atoms. The largest absolute Gasteiger partial charge is 0.493 e. The smallest absolute Gasteiger partial charge is 0.127 e. The molecular formula is C16H26N2O. The molecule has 106 valence electrons. The van der Waals surface area contributed by atoms with Gasteiger partial charge in [-0.05, 0) is 38.1 Å². The predicted octanol–water partition coefficient (Wildman–Crippen LogP) is 2.58. The Hall–Kier alpha value is -1.06. The van der Waals surface area contributed by atoms with Gasteiger partial charge in [-0.2, -0.15) is 0 Å². The van der Waals surface area contributed by atoms with Crippen LogP contribution in [-0.2, 0) is 5.54 Å². The first-order chi connectivity index (χ1) is 9.10. The minimum atomic E-state index is -0.0600. The minimum absolute atomic E-state index is 0.0600. The van der Waals surface area contributed by atoms with E-state index in [4.69, 9.17) is 10.5 Å². The molecule has 1 atom stereocenters. The third-order valence-corrected chi connectivity index (χ3v) is 4.65. The summed E-state index contributed by atoms with van der Waals surface area (Å²) < 4.78 is 5.95. The lowest BCUT2D eigenvalue weighted by Crippen LogP contribution is -2.53. The number of aryl methyl sites for hydroxylation is 1. The molecule has 3 nitrogen and oxygen atoms in total. The average molecular weight is 262 g/mol. The molecular weight excluding hydrogens is 236 g/mol. The van der Waals surface area contributed by atoms with Crippen LogP contribution < -0.4 is 10.5 Å². The Bertz CT molecular complexity index is 454. The summed E-state index contributed by atoms with van der Waals surface area (Å²) in [5, 5.41) is 0. The van der Waals surface area contributed by atoms with E-state index in [1.165, 1.54) is 16.7 Å². The second-order valence-electron chi connectivity index (χ2n) is 5.39. The summed E-state index contributed by atoms with van der Waals surface area (Å²) >= 11 is 0. The Morgan fingerprint density at radius 3 is 2.53 bits per heavy atom. The maximum atomic E-state index is 6.20. The van der Waals surface area contributed by atoms with Gasteiger partial charge in [0.15, 0.2) is 0 Å². The maximum absolute atomic E-state index is 6.20. The highest BCUT2D eigenvalue weighted by Gasteiger charge is 2.41. The zero-order chi connectivity index (χ0) is 14.0. The molecule has 19 heavy (non-hydrogen) atoms. The number of hydrogen-bond donors (Lipinski definition) is 1. The molecule has 0 aliphatic carbocycles. The highest BCUT2D eigenvalue weighted by Crippen LogP contribution is 2.43. The first kappa shape index (κ1) is 14.4. The van der Waals surface area contributed by atoms with Gasteiger partial charge in [-0.3, -0.25) is 4.90 Å². The van der Waals surface area contributed by atoms with E-state index < -0.39 is 0 Å². The van der Waals surface area contributed by atoms with E-state index in [0.29, 0.717) is 6.54 Å². The van der Waals surface area contributed by atoms with Crippen molar-refractivity contribution in [2.75, 3.05) is 26.2 Å². The number of likely N-dealkylation sites (N-methyl/N-ethyl adjacent to an activating group) is 1. The quantitative estimate of drug-likeness (QED) is 0.906. The molecule has 1 aliphatic rings. The molecule has 1 aliphatic heterocycles. The predicted molar refractivity (Wildman–Crippen MR) is 79.7 cm³/mol. The van der Waals surface area contributed by atoms with Crippen LogP contribution in [0.15, 0.2) is 12.1 Å². The highest BCUT2D eigenvalue weighted by atomic mass is 16.5. The molecule has 1 aromatic rings. The normalized spacial score (nSPS) is 22.2. The van der Waals surface area contributed by atoms with Gasteiger partial charge in [0.25, 0.3) is 0 Å². The zero-order valence-electron chi connectivity index (χ0n) is 12.6. The van der Waals surface area contributed by atoms with Gasteiger partial charge in [0, 0.05) is 18.5 Å². The fourth-order valence-electron chi connectivity index (χ4n) is 3.30. The summed E-state index contributed by atoms with van der Waals surface area (Å²) in [6.45, 7) is 12.1. The second-order valence-corrected chi connectivity index (χ2v) is 5.39. The summed E-state index contributed by atoms with van der Waals surface area (Å²) in [4.78, 5) is 2.48. The van der Waals surface area contributed by atoms with Crippen LogP contribution in [0.4, 0.5) is 0 Å². The molecule has 0 aromatic heterocycles. The molecule has 2 N–H and O–H groups in total. The number of rotatable bonds is 4. The van der Waals surface area contributed by atoms with E-state index in [1.807, 2.05) is 0 Å². The average Bonchev–Trinajstić information content (AvgIpc) is 2.44. The topological polar surface area (TPSA) is 38.5 Å². The van der Waals surface area contributed by atoms with E-state index in [0.717, 1.165) is 31.9 Å². The Morgan fingerprint density at radius 1 is 1.26 bits per heavy atom. The van der Waals surface area contributed by atoms with Gasteiger partial charge >= 0.3 is 0 Å². The van der Waals surface area contributed by atoms with Gasteiger partial charge in [-0.15, -0.1) is 0 Å². The number of nitrogens with zero attached hydrogens (tertiary/aromatic N) is 1. The van der Waals surface area contributed by atoms with Crippen LogP contribution in [-0.4, -0.2) is 31.1 Å². The Balaban J connectivity index is 2.59. The van der Waals surface area contributed by atoms with Crippen molar-refractivity contribution in [2.45, 2.75) is 39.7 Å². The number of benzene rings is 1. The third kappa shape index (κ3) is 2.15. The Labute approximate surface area is 116 Å². The zero-order valence-corrected chi connectivity index (χ0v) is 12.6. The molecule has 0 amide bonds. The maximum Gasteiger partial charge on any atom is 0.127 e. The molecule has 0 spiro atoms. The monoisotopic (exact) mass is 262 g/mol. The summed E-state index contributed by atoms with van der Waals surface area (Å²) in [7, 11) is 0. The van der Waals surface area contributed by atoms with Gasteiger partial charge in [0.05, 0.1) is 12.1 Å². The second kappa shape index (κ2) is 5.51. The molecule has 0 saturated heterocycles. The number of ether oxygens (including phenoxy) is 1. The number of nitrogens with two attached hydrogens (primary N) is 1. The van der Waals surface area contributed by atoms with Crippen LogP contribution >= 0.6 is 0 Å². The molecule has 1 aromatic carbocycles. The Kier molecular flexibility index (Phi) is 4.16. The van der Waals surface area contributed by atoms with E-state index in [1.54, 1.807) is 0 Å². The summed E-state index contributed by atoms with van der Waals surface area (Å²) in [5.41, 5.74) is 9.94. The molecule has 2 rings (SSSR count). The first-order valence-corrected chi connectivity index (χ1v) is 7.29. The number of hydrogen-bond acceptors (Lipinski definition) is 3. The minimum Gasteiger partial charge on any atom is -0.493 e. The fourth-order valence-corrected chi connectivity index (χ4v) is 3.30. The molecule has 0 radical (unpaired) electrons. The van der Waals surface area contributed by atoms with Crippen LogP contribution in [0.2, 0.25) is 0 Å². The van der Waals surface area contributed by atoms with E-state index in [2.05, 4.69) is 44.7 Å². The van der Waals surface area contributed by atoms with Crippen LogP contribution in [0, 0.1) is 13.8 Å². The fraction of sp³-hybridized carbons (Fsp3) is 0.625. The van der Waals surface area contributed by atoms with Crippen LogP contribution in [0.3, 0.4) is 0 Å². The van der Waals surface area contributed by atoms with Gasteiger partial charge in [0.2, 0.25) is 0 Å². The third-order valence-electron chi connectivity index (χ3n) is 4.65. The van der Waals surface area contributed by atoms with E-state index in [-0.39, 0.29) is 5.54 Å². The van der Waals surface area contributed by atoms with Crippen molar-refractivity contribution in [3.05, 3.63) is 28.8 Å². The van der Waals surface area contributed by atoms with Crippen LogP contribution in [0.25, 0.3) is 0 Å². The number of fused-ring (bicyclic) bond motifs is 1. The van der Waals surface area contributed by atoms with Crippen molar-refractivity contribution in [1.82, 2.24) is 4.90 Å². The molecule has 1 heterocycles. The highest BCUT2D eigenvalue weighted by molar-refractivity contribution is 5.50. The van der Waals surface area contributed by atoms with Gasteiger partial charge in [-0.1, -0.05) is 26.0 Å². The van der Waals surface area contributed by atoms with Crippen molar-refractivity contribution in [3.8, 4) is 5.75 Å². The van der Waals surface area contributed by atoms with Crippen LogP contribution in [0.5, 0.6) is 5.75 Å². The molecule has 1 unspecified atom stereocenters. The van der Waals surface area contributed by atoms with Gasteiger partial charge < -0.3 is 10.5 Å². The Morgan fingerprint density at radius 2 is 1.95 bits per heavy atom. The van der Waals surface area contributed by atoms with Crippen LogP contribution in [0.1, 0.15) is 37.0 Å². The molecule has 0 fully saturated rings. The lowest BCUT2D eigenvalue weighted by Gasteiger charge is -2.46. The van der Waals surface area contributed by atoms with E-state index in [9.17, 15) is 0 Å². The lowest BCUT2D eigenvalue weighted by atomic mass is 9.81. The SMILES string of the molecule is CCN(CC)C1(CN)CCOc2c1ccc(C)c2C. The summed E-state index contributed by atoms with van der Waals surface area (Å²) in [5.74, 6) is 1.06. The van der Waals surface area contributed by atoms with Crippen molar-refractivity contribution in [1.29, 1.82) is 0 Å². The van der Waals surface area contributed by atoms with Crippen molar-refractivity contribution in [3.63, 3.8) is 0 Å². The van der Waals surface area contributed by atoms with Gasteiger partial charge in [0.1, 0.15) is 5.75 Å². The summed E-state index contributed by atoms with van der Waals surface area (Å²) in [6, 6.07) is 4.40.